The Morgan fingerprint density at radius 1 is 1.43 bits per heavy atom. The van der Waals surface area contributed by atoms with Crippen molar-refractivity contribution in [3.05, 3.63) is 28.5 Å². The lowest BCUT2D eigenvalue weighted by atomic mass is 10.2. The van der Waals surface area contributed by atoms with E-state index in [9.17, 15) is 12.8 Å². The third kappa shape index (κ3) is 5.19. The summed E-state index contributed by atoms with van der Waals surface area (Å²) >= 11 is 5.86. The molecule has 0 radical (unpaired) electrons. The molecule has 0 fully saturated rings. The summed E-state index contributed by atoms with van der Waals surface area (Å²) in [5.41, 5.74) is 0.401. The molecule has 0 saturated heterocycles. The Bertz CT molecular complexity index is 581. The van der Waals surface area contributed by atoms with Crippen LogP contribution in [-0.2, 0) is 21.3 Å². The predicted octanol–water partition coefficient (Wildman–Crippen LogP) is 1.90. The van der Waals surface area contributed by atoms with Gasteiger partial charge in [-0.2, -0.15) is 0 Å². The highest BCUT2D eigenvalue weighted by Gasteiger charge is 2.20. The highest BCUT2D eigenvalue weighted by molar-refractivity contribution is 7.89. The monoisotopic (exact) mass is 338 g/mol. The molecule has 2 N–H and O–H groups in total. The van der Waals surface area contributed by atoms with Gasteiger partial charge in [0, 0.05) is 19.7 Å². The average Bonchev–Trinajstić information content (AvgIpc) is 2.39. The van der Waals surface area contributed by atoms with Crippen LogP contribution in [0.15, 0.2) is 17.0 Å². The molecule has 0 heterocycles. The Labute approximate surface area is 129 Å². The number of rotatable bonds is 8. The van der Waals surface area contributed by atoms with Crippen molar-refractivity contribution in [2.75, 3.05) is 20.3 Å². The number of nitrogens with one attached hydrogen (secondary N) is 2. The summed E-state index contributed by atoms with van der Waals surface area (Å²) in [5, 5.41) is 2.92. The van der Waals surface area contributed by atoms with Crippen LogP contribution in [0.2, 0.25) is 5.02 Å². The van der Waals surface area contributed by atoms with Gasteiger partial charge >= 0.3 is 0 Å². The lowest BCUT2D eigenvalue weighted by molar-refractivity contribution is 0.180. The van der Waals surface area contributed by atoms with Crippen molar-refractivity contribution in [2.24, 2.45) is 0 Å². The minimum Gasteiger partial charge on any atom is -0.383 e. The molecule has 1 atom stereocenters. The summed E-state index contributed by atoms with van der Waals surface area (Å²) in [6.07, 6.45) is 0. The van der Waals surface area contributed by atoms with Gasteiger partial charge < -0.3 is 10.1 Å². The molecule has 0 aliphatic rings. The molecular formula is C13H20ClFN2O3S. The Balaban J connectivity index is 3.09. The number of sulfonamides is 1. The van der Waals surface area contributed by atoms with Crippen molar-refractivity contribution in [1.82, 2.24) is 10.0 Å². The topological polar surface area (TPSA) is 67.4 Å². The van der Waals surface area contributed by atoms with Gasteiger partial charge in [-0.1, -0.05) is 18.5 Å². The van der Waals surface area contributed by atoms with E-state index in [4.69, 9.17) is 16.3 Å². The first-order valence-corrected chi connectivity index (χ1v) is 8.37. The molecule has 5 nitrogen and oxygen atoms in total. The fourth-order valence-electron chi connectivity index (χ4n) is 1.78. The number of hydrogen-bond donors (Lipinski definition) is 2. The number of benzene rings is 1. The number of halogens is 2. The maximum absolute atomic E-state index is 13.8. The third-order valence-electron chi connectivity index (χ3n) is 2.73. The van der Waals surface area contributed by atoms with Crippen molar-refractivity contribution in [3.63, 3.8) is 0 Å². The van der Waals surface area contributed by atoms with Crippen LogP contribution < -0.4 is 10.0 Å². The second-order valence-electron chi connectivity index (χ2n) is 4.64. The lowest BCUT2D eigenvalue weighted by Crippen LogP contribution is -2.35. The van der Waals surface area contributed by atoms with Gasteiger partial charge in [-0.3, -0.25) is 0 Å². The molecule has 1 aromatic carbocycles. The normalized spacial score (nSPS) is 13.4. The Hall–Kier alpha value is -0.730. The molecule has 0 spiro atoms. The number of hydrogen-bond acceptors (Lipinski definition) is 4. The zero-order valence-electron chi connectivity index (χ0n) is 12.2. The van der Waals surface area contributed by atoms with Crippen LogP contribution in [0.1, 0.15) is 19.4 Å². The van der Waals surface area contributed by atoms with Crippen LogP contribution in [0.3, 0.4) is 0 Å². The molecule has 0 aliphatic heterocycles. The minimum atomic E-state index is -3.82. The van der Waals surface area contributed by atoms with E-state index in [0.29, 0.717) is 18.7 Å². The summed E-state index contributed by atoms with van der Waals surface area (Å²) in [5.74, 6) is -0.758. The van der Waals surface area contributed by atoms with E-state index in [2.05, 4.69) is 10.0 Å². The molecule has 0 saturated carbocycles. The van der Waals surface area contributed by atoms with E-state index >= 15 is 0 Å². The summed E-state index contributed by atoms with van der Waals surface area (Å²) in [4.78, 5) is -0.153. The first-order valence-electron chi connectivity index (χ1n) is 6.51. The van der Waals surface area contributed by atoms with Crippen LogP contribution in [0.25, 0.3) is 0 Å². The smallest absolute Gasteiger partial charge is 0.241 e. The molecule has 0 bridgehead atoms. The van der Waals surface area contributed by atoms with Crippen molar-refractivity contribution < 1.29 is 17.5 Å². The predicted molar refractivity (Wildman–Crippen MR) is 80.5 cm³/mol. The van der Waals surface area contributed by atoms with Crippen molar-refractivity contribution in [1.29, 1.82) is 0 Å². The van der Waals surface area contributed by atoms with Crippen LogP contribution in [0, 0.1) is 5.82 Å². The van der Waals surface area contributed by atoms with Crippen LogP contribution in [0.5, 0.6) is 0 Å². The standard InChI is InChI=1S/C13H20ClFN2O3S/c1-4-16-7-10-5-11(6-12(15)13(10)14)21(18,19)17-9(2)8-20-3/h5-6,9,16-17H,4,7-8H2,1-3H3. The van der Waals surface area contributed by atoms with Gasteiger partial charge in [-0.25, -0.2) is 17.5 Å². The molecule has 120 valence electrons. The molecule has 1 unspecified atom stereocenters. The van der Waals surface area contributed by atoms with E-state index in [0.717, 1.165) is 6.07 Å². The average molecular weight is 339 g/mol. The summed E-state index contributed by atoms with van der Waals surface area (Å²) in [7, 11) is -2.35. The van der Waals surface area contributed by atoms with Gasteiger partial charge in [-0.15, -0.1) is 0 Å². The third-order valence-corrected chi connectivity index (χ3v) is 4.72. The van der Waals surface area contributed by atoms with Crippen molar-refractivity contribution in [2.45, 2.75) is 31.3 Å². The van der Waals surface area contributed by atoms with Crippen molar-refractivity contribution in [3.8, 4) is 0 Å². The maximum Gasteiger partial charge on any atom is 0.241 e. The zero-order chi connectivity index (χ0) is 16.0. The van der Waals surface area contributed by atoms with Gasteiger partial charge in [0.25, 0.3) is 0 Å². The minimum absolute atomic E-state index is 0.0696. The van der Waals surface area contributed by atoms with E-state index in [1.165, 1.54) is 13.2 Å². The summed E-state index contributed by atoms with van der Waals surface area (Å²) in [6.45, 7) is 4.73. The first kappa shape index (κ1) is 18.3. The zero-order valence-corrected chi connectivity index (χ0v) is 13.8. The molecule has 0 aromatic heterocycles. The van der Waals surface area contributed by atoms with Crippen molar-refractivity contribution >= 4 is 21.6 Å². The van der Waals surface area contributed by atoms with E-state index in [1.54, 1.807) is 6.92 Å². The number of methoxy groups -OCH3 is 1. The second-order valence-corrected chi connectivity index (χ2v) is 6.73. The highest BCUT2D eigenvalue weighted by Crippen LogP contribution is 2.24. The summed E-state index contributed by atoms with van der Waals surface area (Å²) in [6, 6.07) is 1.87. The highest BCUT2D eigenvalue weighted by atomic mass is 35.5. The van der Waals surface area contributed by atoms with E-state index in [-0.39, 0.29) is 16.5 Å². The van der Waals surface area contributed by atoms with E-state index in [1.807, 2.05) is 6.92 Å². The number of ether oxygens (including phenoxy) is 1. The fraction of sp³-hybridized carbons (Fsp3) is 0.538. The quantitative estimate of drug-likeness (QED) is 0.759. The van der Waals surface area contributed by atoms with Crippen LogP contribution in [0.4, 0.5) is 4.39 Å². The van der Waals surface area contributed by atoms with Gasteiger partial charge in [0.15, 0.2) is 0 Å². The maximum atomic E-state index is 13.8. The van der Waals surface area contributed by atoms with Gasteiger partial charge in [0.2, 0.25) is 10.0 Å². The first-order chi connectivity index (χ1) is 9.81. The fourth-order valence-corrected chi connectivity index (χ4v) is 3.24. The molecule has 21 heavy (non-hydrogen) atoms. The largest absolute Gasteiger partial charge is 0.383 e. The molecule has 0 aliphatic carbocycles. The molecular weight excluding hydrogens is 319 g/mol. The van der Waals surface area contributed by atoms with Gasteiger partial charge in [0.05, 0.1) is 16.5 Å². The Kier molecular flexibility index (Phi) is 7.02. The van der Waals surface area contributed by atoms with Gasteiger partial charge in [0.1, 0.15) is 5.82 Å². The van der Waals surface area contributed by atoms with E-state index < -0.39 is 21.9 Å². The Morgan fingerprint density at radius 3 is 2.67 bits per heavy atom. The second kappa shape index (κ2) is 8.05. The lowest BCUT2D eigenvalue weighted by Gasteiger charge is -2.15. The van der Waals surface area contributed by atoms with Gasteiger partial charge in [-0.05, 0) is 31.2 Å². The molecule has 0 amide bonds. The molecule has 1 aromatic rings. The SMILES string of the molecule is CCNCc1cc(S(=O)(=O)NC(C)COC)cc(F)c1Cl. The Morgan fingerprint density at radius 2 is 2.10 bits per heavy atom. The molecule has 8 heteroatoms. The molecule has 1 rings (SSSR count). The van der Waals surface area contributed by atoms with Crippen LogP contribution >= 0.6 is 11.6 Å². The summed E-state index contributed by atoms with van der Waals surface area (Å²) < 4.78 is 45.5. The van der Waals surface area contributed by atoms with Crippen LogP contribution in [-0.4, -0.2) is 34.7 Å².